The summed E-state index contributed by atoms with van der Waals surface area (Å²) in [5, 5.41) is 2.87. The van der Waals surface area contributed by atoms with Gasteiger partial charge in [-0.05, 0) is 13.1 Å². The van der Waals surface area contributed by atoms with Crippen molar-refractivity contribution in [2.45, 2.75) is 6.18 Å². The number of ether oxygens (including phenoxy) is 1. The fraction of sp³-hybridized carbons (Fsp3) is 0.273. The van der Waals surface area contributed by atoms with Crippen LogP contribution >= 0.6 is 11.3 Å². The third-order valence-corrected chi connectivity index (χ3v) is 3.08. The zero-order chi connectivity index (χ0) is 14.8. The molecule has 0 aromatic carbocycles. The highest BCUT2D eigenvalue weighted by Crippen LogP contribution is 2.36. The van der Waals surface area contributed by atoms with E-state index in [0.717, 1.165) is 12.3 Å². The summed E-state index contributed by atoms with van der Waals surface area (Å²) in [4.78, 5) is 7.16. The first-order chi connectivity index (χ1) is 9.41. The largest absolute Gasteiger partial charge is 0.461 e. The van der Waals surface area contributed by atoms with E-state index in [1.54, 1.807) is 7.05 Å². The molecule has 0 fully saturated rings. The number of hydrogen-bond donors (Lipinski definition) is 1. The van der Waals surface area contributed by atoms with Gasteiger partial charge in [-0.25, -0.2) is 14.4 Å². The van der Waals surface area contributed by atoms with E-state index in [2.05, 4.69) is 15.3 Å². The van der Waals surface area contributed by atoms with Crippen molar-refractivity contribution < 1.29 is 22.3 Å². The van der Waals surface area contributed by atoms with E-state index in [4.69, 9.17) is 4.74 Å². The average Bonchev–Trinajstić information content (AvgIpc) is 2.86. The van der Waals surface area contributed by atoms with Crippen molar-refractivity contribution in [3.63, 3.8) is 0 Å². The maximum atomic E-state index is 13.2. The summed E-state index contributed by atoms with van der Waals surface area (Å²) in [6.45, 7) is 0.0852. The smallest absolute Gasteiger partial charge is 0.443 e. The molecule has 0 spiro atoms. The molecule has 0 aliphatic rings. The molecule has 108 valence electrons. The van der Waals surface area contributed by atoms with Crippen LogP contribution in [-0.4, -0.2) is 23.7 Å². The van der Waals surface area contributed by atoms with E-state index in [1.807, 2.05) is 0 Å². The maximum absolute atomic E-state index is 13.2. The Kier molecular flexibility index (Phi) is 4.19. The predicted molar refractivity (Wildman–Crippen MR) is 64.9 cm³/mol. The van der Waals surface area contributed by atoms with Crippen LogP contribution in [0.15, 0.2) is 17.6 Å². The molecule has 20 heavy (non-hydrogen) atoms. The first kappa shape index (κ1) is 14.7. The van der Waals surface area contributed by atoms with Gasteiger partial charge in [0.1, 0.15) is 12.5 Å². The van der Waals surface area contributed by atoms with Gasteiger partial charge in [0.25, 0.3) is 0 Å². The molecule has 0 radical (unpaired) electrons. The van der Waals surface area contributed by atoms with E-state index < -0.39 is 17.0 Å². The molecular formula is C11H9F4N3OS. The molecule has 0 saturated carbocycles. The van der Waals surface area contributed by atoms with Crippen molar-refractivity contribution in [1.82, 2.24) is 15.3 Å². The van der Waals surface area contributed by atoms with E-state index in [9.17, 15) is 17.6 Å². The third-order valence-electron chi connectivity index (χ3n) is 2.19. The lowest BCUT2D eigenvalue weighted by atomic mass is 10.2. The summed E-state index contributed by atoms with van der Waals surface area (Å²) in [6, 6.07) is 1.03. The summed E-state index contributed by atoms with van der Waals surface area (Å²) in [7, 11) is 1.62. The Morgan fingerprint density at radius 2 is 2.15 bits per heavy atom. The second-order valence-corrected chi connectivity index (χ2v) is 4.54. The summed E-state index contributed by atoms with van der Waals surface area (Å²) in [5.74, 6) is -0.668. The number of nitrogens with one attached hydrogen (secondary N) is 1. The molecule has 2 heterocycles. The van der Waals surface area contributed by atoms with Gasteiger partial charge in [0.15, 0.2) is 5.01 Å². The minimum absolute atomic E-state index is 0.0137. The minimum atomic E-state index is -4.53. The summed E-state index contributed by atoms with van der Waals surface area (Å²) >= 11 is 0.432. The number of alkyl halides is 3. The van der Waals surface area contributed by atoms with Crippen molar-refractivity contribution in [1.29, 1.82) is 0 Å². The number of aromatic nitrogens is 2. The molecule has 4 nitrogen and oxygen atoms in total. The zero-order valence-electron chi connectivity index (χ0n) is 10.2. The van der Waals surface area contributed by atoms with Gasteiger partial charge in [-0.2, -0.15) is 13.2 Å². The Bertz CT molecular complexity index is 600. The molecule has 0 unspecified atom stereocenters. The number of halogens is 4. The van der Waals surface area contributed by atoms with Crippen LogP contribution in [0.2, 0.25) is 0 Å². The normalized spacial score (nSPS) is 11.7. The van der Waals surface area contributed by atoms with Gasteiger partial charge in [0.05, 0.1) is 17.5 Å². The Balaban J connectivity index is 2.40. The van der Waals surface area contributed by atoms with E-state index in [0.29, 0.717) is 11.3 Å². The van der Waals surface area contributed by atoms with Crippen LogP contribution in [0, 0.1) is 5.82 Å². The second-order valence-electron chi connectivity index (χ2n) is 3.68. The first-order valence-corrected chi connectivity index (χ1v) is 6.26. The van der Waals surface area contributed by atoms with Crippen LogP contribution in [0.5, 0.6) is 5.88 Å². The molecule has 2 aromatic heterocycles. The van der Waals surface area contributed by atoms with Crippen molar-refractivity contribution in [3.8, 4) is 17.1 Å². The van der Waals surface area contributed by atoms with E-state index in [-0.39, 0.29) is 23.9 Å². The number of thiazole rings is 1. The lowest BCUT2D eigenvalue weighted by Crippen LogP contribution is -2.15. The van der Waals surface area contributed by atoms with Gasteiger partial charge >= 0.3 is 6.18 Å². The molecule has 0 bridgehead atoms. The molecule has 0 amide bonds. The number of pyridine rings is 1. The monoisotopic (exact) mass is 307 g/mol. The fourth-order valence-corrected chi connectivity index (χ4v) is 2.08. The highest BCUT2D eigenvalue weighted by Gasteiger charge is 2.35. The molecule has 2 aromatic rings. The Hall–Kier alpha value is -1.74. The minimum Gasteiger partial charge on any atom is -0.461 e. The fourth-order valence-electron chi connectivity index (χ4n) is 1.39. The topological polar surface area (TPSA) is 47.0 Å². The van der Waals surface area contributed by atoms with E-state index >= 15 is 0 Å². The Morgan fingerprint density at radius 3 is 2.75 bits per heavy atom. The standard InChI is InChI=1S/C11H9F4N3OS/c1-16-5-19-9-7(2-6(12)3-17-9)8-4-20-10(18-8)11(13,14)15/h2-4,16H,5H2,1H3. The molecule has 0 aliphatic carbocycles. The molecule has 0 saturated heterocycles. The van der Waals surface area contributed by atoms with Gasteiger partial charge in [-0.1, -0.05) is 0 Å². The van der Waals surface area contributed by atoms with Crippen LogP contribution in [-0.2, 0) is 6.18 Å². The highest BCUT2D eigenvalue weighted by atomic mass is 32.1. The van der Waals surface area contributed by atoms with Crippen LogP contribution in [0.4, 0.5) is 17.6 Å². The molecule has 9 heteroatoms. The van der Waals surface area contributed by atoms with Gasteiger partial charge in [-0.3, -0.25) is 5.32 Å². The van der Waals surface area contributed by atoms with Crippen LogP contribution < -0.4 is 10.1 Å². The molecule has 0 aliphatic heterocycles. The molecule has 1 N–H and O–H groups in total. The van der Waals surface area contributed by atoms with Crippen molar-refractivity contribution in [2.75, 3.05) is 13.8 Å². The summed E-state index contributed by atoms with van der Waals surface area (Å²) < 4.78 is 55.9. The van der Waals surface area contributed by atoms with Gasteiger partial charge in [-0.15, -0.1) is 11.3 Å². The van der Waals surface area contributed by atoms with Crippen LogP contribution in [0.25, 0.3) is 11.3 Å². The van der Waals surface area contributed by atoms with Gasteiger partial charge in [0.2, 0.25) is 5.88 Å². The quantitative estimate of drug-likeness (QED) is 0.697. The number of nitrogens with zero attached hydrogens (tertiary/aromatic N) is 2. The third kappa shape index (κ3) is 3.23. The number of rotatable bonds is 4. The van der Waals surface area contributed by atoms with Crippen molar-refractivity contribution in [2.24, 2.45) is 0 Å². The SMILES string of the molecule is CNCOc1ncc(F)cc1-c1csc(C(F)(F)F)n1. The number of hydrogen-bond acceptors (Lipinski definition) is 5. The summed E-state index contributed by atoms with van der Waals surface area (Å²) in [5.41, 5.74) is 0.0485. The first-order valence-electron chi connectivity index (χ1n) is 5.38. The second kappa shape index (κ2) is 5.71. The van der Waals surface area contributed by atoms with Crippen molar-refractivity contribution in [3.05, 3.63) is 28.5 Å². The van der Waals surface area contributed by atoms with Crippen LogP contribution in [0.1, 0.15) is 5.01 Å². The molecule has 0 atom stereocenters. The molecule has 2 rings (SSSR count). The Labute approximate surface area is 115 Å². The highest BCUT2D eigenvalue weighted by molar-refractivity contribution is 7.10. The average molecular weight is 307 g/mol. The van der Waals surface area contributed by atoms with Gasteiger partial charge in [0, 0.05) is 5.38 Å². The maximum Gasteiger partial charge on any atom is 0.443 e. The predicted octanol–water partition coefficient (Wildman–Crippen LogP) is 2.92. The lowest BCUT2D eigenvalue weighted by molar-refractivity contribution is -0.137. The molecular weight excluding hydrogens is 298 g/mol. The zero-order valence-corrected chi connectivity index (χ0v) is 11.0. The van der Waals surface area contributed by atoms with Crippen molar-refractivity contribution >= 4 is 11.3 Å². The summed E-state index contributed by atoms with van der Waals surface area (Å²) in [6.07, 6.45) is -3.61. The van der Waals surface area contributed by atoms with E-state index in [1.165, 1.54) is 5.38 Å². The van der Waals surface area contributed by atoms with Gasteiger partial charge < -0.3 is 4.74 Å². The van der Waals surface area contributed by atoms with Crippen LogP contribution in [0.3, 0.4) is 0 Å². The lowest BCUT2D eigenvalue weighted by Gasteiger charge is -2.08. The Morgan fingerprint density at radius 1 is 1.40 bits per heavy atom.